The zero-order chi connectivity index (χ0) is 17.8. The van der Waals surface area contributed by atoms with Crippen LogP contribution in [0, 0.1) is 0 Å². The molecule has 6 heteroatoms. The van der Waals surface area contributed by atoms with Gasteiger partial charge in [-0.2, -0.15) is 0 Å². The summed E-state index contributed by atoms with van der Waals surface area (Å²) < 4.78 is 21.6. The number of aliphatic hydroxyl groups excluding tert-OH is 1. The van der Waals surface area contributed by atoms with Crippen molar-refractivity contribution < 1.29 is 23.8 Å². The van der Waals surface area contributed by atoms with Gasteiger partial charge >= 0.3 is 0 Å². The van der Waals surface area contributed by atoms with Gasteiger partial charge in [-0.05, 0) is 24.3 Å². The molecule has 6 nitrogen and oxygen atoms in total. The Morgan fingerprint density at radius 1 is 0.920 bits per heavy atom. The van der Waals surface area contributed by atoms with Crippen molar-refractivity contribution in [2.45, 2.75) is 6.61 Å². The van der Waals surface area contributed by atoms with E-state index in [0.717, 1.165) is 5.56 Å². The molecule has 0 saturated carbocycles. The first kappa shape index (κ1) is 16.9. The van der Waals surface area contributed by atoms with Gasteiger partial charge in [-0.3, -0.25) is 0 Å². The average Bonchev–Trinajstić information content (AvgIpc) is 3.10. The summed E-state index contributed by atoms with van der Waals surface area (Å²) in [5.41, 5.74) is 2.53. The molecule has 1 aromatic heterocycles. The number of rotatable bonds is 6. The summed E-state index contributed by atoms with van der Waals surface area (Å²) in [6.45, 7) is -0.235. The number of ether oxygens (including phenoxy) is 3. The maximum Gasteiger partial charge on any atom is 0.176 e. The maximum atomic E-state index is 9.93. The van der Waals surface area contributed by atoms with Gasteiger partial charge in [-0.1, -0.05) is 17.3 Å². The van der Waals surface area contributed by atoms with E-state index in [-0.39, 0.29) is 6.61 Å². The van der Waals surface area contributed by atoms with Gasteiger partial charge in [0, 0.05) is 11.6 Å². The molecule has 0 unspecified atom stereocenters. The Balaban J connectivity index is 2.16. The van der Waals surface area contributed by atoms with Crippen molar-refractivity contribution in [2.24, 2.45) is 0 Å². The Bertz CT molecular complexity index is 872. The smallest absolute Gasteiger partial charge is 0.176 e. The third-order valence-corrected chi connectivity index (χ3v) is 3.96. The van der Waals surface area contributed by atoms with Crippen LogP contribution in [0.4, 0.5) is 0 Å². The van der Waals surface area contributed by atoms with Gasteiger partial charge < -0.3 is 23.8 Å². The molecule has 25 heavy (non-hydrogen) atoms. The highest BCUT2D eigenvalue weighted by molar-refractivity contribution is 5.78. The number of aromatic nitrogens is 1. The van der Waals surface area contributed by atoms with Gasteiger partial charge in [0.05, 0.1) is 39.1 Å². The molecule has 130 valence electrons. The molecule has 3 aromatic rings. The van der Waals surface area contributed by atoms with Gasteiger partial charge in [0.25, 0.3) is 0 Å². The third kappa shape index (κ3) is 3.04. The third-order valence-electron chi connectivity index (χ3n) is 3.96. The highest BCUT2D eigenvalue weighted by Gasteiger charge is 2.23. The Labute approximate surface area is 145 Å². The lowest BCUT2D eigenvalue weighted by Crippen LogP contribution is -1.94. The molecule has 0 aliphatic rings. The summed E-state index contributed by atoms with van der Waals surface area (Å²) in [5, 5.41) is 14.1. The first-order valence-corrected chi connectivity index (χ1v) is 7.68. The minimum atomic E-state index is -0.235. The molecule has 3 rings (SSSR count). The minimum absolute atomic E-state index is 0.235. The van der Waals surface area contributed by atoms with E-state index >= 15 is 0 Å². The number of aliphatic hydroxyl groups is 1. The maximum absolute atomic E-state index is 9.93. The van der Waals surface area contributed by atoms with Crippen LogP contribution < -0.4 is 14.2 Å². The summed E-state index contributed by atoms with van der Waals surface area (Å²) in [4.78, 5) is 0. The summed E-state index contributed by atoms with van der Waals surface area (Å²) in [7, 11) is 4.74. The van der Waals surface area contributed by atoms with E-state index in [0.29, 0.717) is 39.8 Å². The zero-order valence-corrected chi connectivity index (χ0v) is 14.3. The standard InChI is InChI=1S/C19H19NO5/c1-22-12-8-9-14(17(10-12)24-3)19-15(11-21)18(20-25-19)13-6-4-5-7-16(13)23-2/h4-10,21H,11H2,1-3H3. The fourth-order valence-electron chi connectivity index (χ4n) is 2.71. The molecule has 0 aliphatic heterocycles. The van der Waals surface area contributed by atoms with E-state index in [4.69, 9.17) is 18.7 Å². The largest absolute Gasteiger partial charge is 0.497 e. The van der Waals surface area contributed by atoms with Gasteiger partial charge in [0.2, 0.25) is 0 Å². The minimum Gasteiger partial charge on any atom is -0.497 e. The molecule has 0 saturated heterocycles. The quantitative estimate of drug-likeness (QED) is 0.739. The van der Waals surface area contributed by atoms with Crippen LogP contribution in [0.25, 0.3) is 22.6 Å². The molecule has 0 amide bonds. The Kier molecular flexibility index (Phi) is 4.90. The molecule has 1 heterocycles. The van der Waals surface area contributed by atoms with Crippen molar-refractivity contribution in [1.82, 2.24) is 5.16 Å². The topological polar surface area (TPSA) is 74.0 Å². The molecule has 1 N–H and O–H groups in total. The van der Waals surface area contributed by atoms with Crippen LogP contribution in [0.1, 0.15) is 5.56 Å². The molecule has 0 fully saturated rings. The number of benzene rings is 2. The Hall–Kier alpha value is -2.99. The molecule has 0 atom stereocenters. The van der Waals surface area contributed by atoms with Gasteiger partial charge in [0.1, 0.15) is 22.9 Å². The number of para-hydroxylation sites is 1. The SMILES string of the molecule is COc1ccc(-c2onc(-c3ccccc3OC)c2CO)c(OC)c1. The van der Waals surface area contributed by atoms with E-state index in [1.165, 1.54) is 0 Å². The molecule has 0 aliphatic carbocycles. The normalized spacial score (nSPS) is 10.6. The lowest BCUT2D eigenvalue weighted by Gasteiger charge is -2.10. The van der Waals surface area contributed by atoms with E-state index in [9.17, 15) is 5.11 Å². The van der Waals surface area contributed by atoms with Gasteiger partial charge in [-0.25, -0.2) is 0 Å². The second-order valence-electron chi connectivity index (χ2n) is 5.26. The van der Waals surface area contributed by atoms with Gasteiger partial charge in [0.15, 0.2) is 5.76 Å². The van der Waals surface area contributed by atoms with Crippen LogP contribution in [0.5, 0.6) is 17.2 Å². The second kappa shape index (κ2) is 7.27. The Morgan fingerprint density at radius 3 is 2.36 bits per heavy atom. The monoisotopic (exact) mass is 341 g/mol. The van der Waals surface area contributed by atoms with Crippen LogP contribution in [0.3, 0.4) is 0 Å². The lowest BCUT2D eigenvalue weighted by atomic mass is 10.0. The second-order valence-corrected chi connectivity index (χ2v) is 5.26. The highest BCUT2D eigenvalue weighted by atomic mass is 16.5. The number of hydrogen-bond acceptors (Lipinski definition) is 6. The van der Waals surface area contributed by atoms with Crippen molar-refractivity contribution in [2.75, 3.05) is 21.3 Å². The highest BCUT2D eigenvalue weighted by Crippen LogP contribution is 2.40. The Morgan fingerprint density at radius 2 is 1.68 bits per heavy atom. The average molecular weight is 341 g/mol. The van der Waals surface area contributed by atoms with Crippen LogP contribution >= 0.6 is 0 Å². The first-order chi connectivity index (χ1) is 12.2. The van der Waals surface area contributed by atoms with Crippen LogP contribution in [0.2, 0.25) is 0 Å². The number of nitrogens with zero attached hydrogens (tertiary/aromatic N) is 1. The first-order valence-electron chi connectivity index (χ1n) is 7.68. The predicted molar refractivity (Wildman–Crippen MR) is 93.0 cm³/mol. The summed E-state index contributed by atoms with van der Waals surface area (Å²) in [5.74, 6) is 2.33. The van der Waals surface area contributed by atoms with Crippen LogP contribution in [-0.2, 0) is 6.61 Å². The van der Waals surface area contributed by atoms with Crippen LogP contribution in [-0.4, -0.2) is 31.6 Å². The molecule has 0 spiro atoms. The molecule has 0 bridgehead atoms. The van der Waals surface area contributed by atoms with E-state index < -0.39 is 0 Å². The predicted octanol–water partition coefficient (Wildman–Crippen LogP) is 3.53. The van der Waals surface area contributed by atoms with Crippen molar-refractivity contribution in [1.29, 1.82) is 0 Å². The van der Waals surface area contributed by atoms with Crippen LogP contribution in [0.15, 0.2) is 47.0 Å². The fourth-order valence-corrected chi connectivity index (χ4v) is 2.71. The summed E-state index contributed by atoms with van der Waals surface area (Å²) in [6, 6.07) is 12.8. The number of methoxy groups -OCH3 is 3. The summed E-state index contributed by atoms with van der Waals surface area (Å²) >= 11 is 0. The van der Waals surface area contributed by atoms with E-state index in [2.05, 4.69) is 5.16 Å². The zero-order valence-electron chi connectivity index (χ0n) is 14.3. The van der Waals surface area contributed by atoms with E-state index in [1.54, 1.807) is 33.5 Å². The van der Waals surface area contributed by atoms with Crippen molar-refractivity contribution >= 4 is 0 Å². The van der Waals surface area contributed by atoms with E-state index in [1.807, 2.05) is 30.3 Å². The molecular weight excluding hydrogens is 322 g/mol. The fraction of sp³-hybridized carbons (Fsp3) is 0.211. The molecular formula is C19H19NO5. The molecule has 0 radical (unpaired) electrons. The van der Waals surface area contributed by atoms with Crippen molar-refractivity contribution in [3.8, 4) is 39.8 Å². The van der Waals surface area contributed by atoms with Gasteiger partial charge in [-0.15, -0.1) is 0 Å². The summed E-state index contributed by atoms with van der Waals surface area (Å²) in [6.07, 6.45) is 0. The molecule has 2 aromatic carbocycles. The number of hydrogen-bond donors (Lipinski definition) is 1. The lowest BCUT2D eigenvalue weighted by molar-refractivity contribution is 0.281. The van der Waals surface area contributed by atoms with Crippen molar-refractivity contribution in [3.63, 3.8) is 0 Å². The van der Waals surface area contributed by atoms with Crippen molar-refractivity contribution in [3.05, 3.63) is 48.0 Å².